The fourth-order valence-electron chi connectivity index (χ4n) is 3.79. The van der Waals surface area contributed by atoms with Crippen molar-refractivity contribution in [2.75, 3.05) is 7.11 Å². The minimum atomic E-state index is -0.999. The summed E-state index contributed by atoms with van der Waals surface area (Å²) >= 11 is 0. The third kappa shape index (κ3) is 3.39. The van der Waals surface area contributed by atoms with Crippen molar-refractivity contribution < 1.29 is 14.6 Å². The predicted molar refractivity (Wildman–Crippen MR) is 118 cm³/mol. The fraction of sp³-hybridized carbons (Fsp3) is 0.0833. The van der Waals surface area contributed by atoms with Crippen molar-refractivity contribution >= 4 is 22.7 Å². The highest BCUT2D eigenvalue weighted by atomic mass is 16.5. The number of rotatable bonds is 6. The highest BCUT2D eigenvalue weighted by Gasteiger charge is 2.22. The van der Waals surface area contributed by atoms with Crippen molar-refractivity contribution in [3.8, 4) is 16.9 Å². The van der Waals surface area contributed by atoms with E-state index in [0.717, 1.165) is 22.0 Å². The molecule has 0 atom stereocenters. The van der Waals surface area contributed by atoms with Gasteiger partial charge in [-0.25, -0.2) is 4.79 Å². The van der Waals surface area contributed by atoms with Crippen LogP contribution in [0.2, 0.25) is 0 Å². The van der Waals surface area contributed by atoms with Crippen LogP contribution < -0.4 is 10.5 Å². The number of carbonyl (C=O) groups is 1. The smallest absolute Gasteiger partial charge is 0.336 e. The number of aromatic amines is 1. The van der Waals surface area contributed by atoms with E-state index in [1.165, 1.54) is 0 Å². The van der Waals surface area contributed by atoms with Gasteiger partial charge < -0.3 is 20.6 Å². The van der Waals surface area contributed by atoms with Crippen molar-refractivity contribution in [1.29, 1.82) is 5.41 Å². The Kier molecular flexibility index (Phi) is 4.98. The molecule has 0 saturated heterocycles. The number of hydrogen-bond acceptors (Lipinski definition) is 3. The lowest BCUT2D eigenvalue weighted by Crippen LogP contribution is -2.10. The molecule has 1 heterocycles. The zero-order valence-corrected chi connectivity index (χ0v) is 16.4. The maximum absolute atomic E-state index is 12.3. The minimum Gasteiger partial charge on any atom is -0.496 e. The van der Waals surface area contributed by atoms with E-state index in [1.807, 2.05) is 54.7 Å². The number of nitrogens with one attached hydrogen (secondary N) is 2. The number of hydrogen-bond donors (Lipinski definition) is 4. The van der Waals surface area contributed by atoms with Gasteiger partial charge in [0, 0.05) is 34.6 Å². The molecule has 4 rings (SSSR count). The lowest BCUT2D eigenvalue weighted by Gasteiger charge is -2.16. The quantitative estimate of drug-likeness (QED) is 0.284. The molecule has 0 aliphatic rings. The fourth-order valence-corrected chi connectivity index (χ4v) is 3.79. The van der Waals surface area contributed by atoms with E-state index in [-0.39, 0.29) is 11.4 Å². The number of aromatic carboxylic acids is 1. The maximum atomic E-state index is 12.3. The van der Waals surface area contributed by atoms with Gasteiger partial charge >= 0.3 is 5.97 Å². The second-order valence-corrected chi connectivity index (χ2v) is 7.00. The first-order valence-electron chi connectivity index (χ1n) is 9.42. The first-order valence-corrected chi connectivity index (χ1v) is 9.42. The van der Waals surface area contributed by atoms with Gasteiger partial charge in [-0.05, 0) is 34.9 Å². The largest absolute Gasteiger partial charge is 0.496 e. The van der Waals surface area contributed by atoms with E-state index in [0.29, 0.717) is 28.9 Å². The topological polar surface area (TPSA) is 112 Å². The number of ether oxygens (including phenoxy) is 1. The number of nitrogen functional groups attached to an aromatic ring is 1. The number of carboxylic acid groups (broad SMARTS) is 1. The maximum Gasteiger partial charge on any atom is 0.336 e. The average molecular weight is 399 g/mol. The first kappa shape index (κ1) is 19.3. The summed E-state index contributed by atoms with van der Waals surface area (Å²) in [6.45, 7) is 0. The van der Waals surface area contributed by atoms with Crippen LogP contribution >= 0.6 is 0 Å². The number of methoxy groups -OCH3 is 1. The number of H-pyrrole nitrogens is 1. The molecular weight excluding hydrogens is 378 g/mol. The van der Waals surface area contributed by atoms with Crippen LogP contribution in [-0.4, -0.2) is 29.0 Å². The molecule has 0 bridgehead atoms. The summed E-state index contributed by atoms with van der Waals surface area (Å²) in [5, 5.41) is 18.6. The molecular formula is C24H21N3O3. The van der Waals surface area contributed by atoms with Gasteiger partial charge in [-0.3, -0.25) is 5.41 Å². The first-order chi connectivity index (χ1) is 14.5. The van der Waals surface area contributed by atoms with Gasteiger partial charge in [0.2, 0.25) is 0 Å². The summed E-state index contributed by atoms with van der Waals surface area (Å²) in [6.07, 6.45) is 2.24. The second kappa shape index (κ2) is 7.75. The lowest BCUT2D eigenvalue weighted by atomic mass is 9.91. The Balaban J connectivity index is 1.87. The van der Waals surface area contributed by atoms with Gasteiger partial charge in [-0.2, -0.15) is 0 Å². The predicted octanol–water partition coefficient (Wildman–Crippen LogP) is 4.42. The summed E-state index contributed by atoms with van der Waals surface area (Å²) in [5.74, 6) is -0.471. The molecule has 6 nitrogen and oxygen atoms in total. The summed E-state index contributed by atoms with van der Waals surface area (Å²) in [4.78, 5) is 15.5. The van der Waals surface area contributed by atoms with E-state index < -0.39 is 5.97 Å². The van der Waals surface area contributed by atoms with E-state index in [2.05, 4.69) is 4.98 Å². The van der Waals surface area contributed by atoms with Crippen molar-refractivity contribution in [2.24, 2.45) is 5.73 Å². The van der Waals surface area contributed by atoms with E-state index in [4.69, 9.17) is 15.9 Å². The molecule has 0 saturated carbocycles. The second-order valence-electron chi connectivity index (χ2n) is 7.00. The van der Waals surface area contributed by atoms with E-state index in [1.54, 1.807) is 19.2 Å². The molecule has 0 amide bonds. The van der Waals surface area contributed by atoms with Crippen molar-refractivity contribution in [3.05, 3.63) is 89.1 Å². The molecule has 0 fully saturated rings. The molecule has 150 valence electrons. The third-order valence-electron chi connectivity index (χ3n) is 5.23. The summed E-state index contributed by atoms with van der Waals surface area (Å²) in [7, 11) is 1.54. The van der Waals surface area contributed by atoms with Crippen LogP contribution in [0.3, 0.4) is 0 Å². The number of benzene rings is 3. The molecule has 0 aliphatic carbocycles. The van der Waals surface area contributed by atoms with Gasteiger partial charge in [-0.1, -0.05) is 42.5 Å². The van der Waals surface area contributed by atoms with Crippen LogP contribution in [0.5, 0.6) is 5.75 Å². The number of carboxylic acids is 1. The normalized spacial score (nSPS) is 10.8. The summed E-state index contributed by atoms with van der Waals surface area (Å²) < 4.78 is 5.52. The molecule has 5 N–H and O–H groups in total. The van der Waals surface area contributed by atoms with E-state index >= 15 is 0 Å². The molecule has 30 heavy (non-hydrogen) atoms. The molecule has 0 unspecified atom stereocenters. The average Bonchev–Trinajstić information content (AvgIpc) is 3.15. The number of fused-ring (bicyclic) bond motifs is 1. The molecule has 0 spiro atoms. The SMILES string of the molecule is COc1ccc(-c2ccccc2)c(C(=O)O)c1Cc1c[nH]c2cc(C(=N)N)ccc12. The summed E-state index contributed by atoms with van der Waals surface area (Å²) in [5.41, 5.74) is 10.3. The van der Waals surface area contributed by atoms with Crippen LogP contribution in [-0.2, 0) is 6.42 Å². The third-order valence-corrected chi connectivity index (χ3v) is 5.23. The number of aromatic nitrogens is 1. The Morgan fingerprint density at radius 2 is 1.90 bits per heavy atom. The van der Waals surface area contributed by atoms with Gasteiger partial charge in [0.05, 0.1) is 12.7 Å². The minimum absolute atomic E-state index is 0.00144. The van der Waals surface area contributed by atoms with Crippen LogP contribution in [0.4, 0.5) is 0 Å². The van der Waals surface area contributed by atoms with Crippen molar-refractivity contribution in [1.82, 2.24) is 4.98 Å². The Labute approximate surface area is 173 Å². The number of nitrogens with two attached hydrogens (primary N) is 1. The Hall–Kier alpha value is -4.06. The monoisotopic (exact) mass is 399 g/mol. The van der Waals surface area contributed by atoms with Crippen LogP contribution in [0.15, 0.2) is 66.9 Å². The standard InChI is InChI=1S/C24H21N3O3/c1-30-21-10-9-18(14-5-3-2-4-6-14)22(24(28)29)19(21)11-16-13-27-20-12-15(23(25)26)7-8-17(16)20/h2-10,12-13,27H,11H2,1H3,(H3,25,26)(H,28,29). The lowest BCUT2D eigenvalue weighted by molar-refractivity contribution is 0.0696. The molecule has 6 heteroatoms. The van der Waals surface area contributed by atoms with Crippen molar-refractivity contribution in [3.63, 3.8) is 0 Å². The van der Waals surface area contributed by atoms with Gasteiger partial charge in [0.25, 0.3) is 0 Å². The molecule has 4 aromatic rings. The Morgan fingerprint density at radius 3 is 2.57 bits per heavy atom. The highest BCUT2D eigenvalue weighted by molar-refractivity contribution is 6.00. The zero-order chi connectivity index (χ0) is 21.3. The zero-order valence-electron chi connectivity index (χ0n) is 16.4. The Morgan fingerprint density at radius 1 is 1.13 bits per heavy atom. The molecule has 0 radical (unpaired) electrons. The Bertz CT molecular complexity index is 1260. The molecule has 0 aliphatic heterocycles. The van der Waals surface area contributed by atoms with Crippen LogP contribution in [0.25, 0.3) is 22.0 Å². The van der Waals surface area contributed by atoms with Gasteiger partial charge in [-0.15, -0.1) is 0 Å². The van der Waals surface area contributed by atoms with Crippen LogP contribution in [0.1, 0.15) is 27.0 Å². The van der Waals surface area contributed by atoms with Gasteiger partial charge in [0.15, 0.2) is 0 Å². The van der Waals surface area contributed by atoms with Crippen molar-refractivity contribution in [2.45, 2.75) is 6.42 Å². The summed E-state index contributed by atoms with van der Waals surface area (Å²) in [6, 6.07) is 18.6. The molecule has 1 aromatic heterocycles. The molecule has 3 aromatic carbocycles. The van der Waals surface area contributed by atoms with Gasteiger partial charge in [0.1, 0.15) is 11.6 Å². The van der Waals surface area contributed by atoms with E-state index in [9.17, 15) is 9.90 Å². The van der Waals surface area contributed by atoms with Crippen LogP contribution in [0, 0.1) is 5.41 Å². The number of amidine groups is 1. The highest BCUT2D eigenvalue weighted by Crippen LogP contribution is 2.35.